The van der Waals surface area contributed by atoms with Gasteiger partial charge in [0.05, 0.1) is 23.9 Å². The number of ether oxygens (including phenoxy) is 1. The van der Waals surface area contributed by atoms with Gasteiger partial charge < -0.3 is 9.64 Å². The van der Waals surface area contributed by atoms with Crippen molar-refractivity contribution in [3.63, 3.8) is 0 Å². The standard InChI is InChI=1S/C20H23N3O2/c1-15-5-8-17(9-6-15)25-12-4-11-22(3)20(24)18-13-21-23-14-16(2)7-10-19(18)23/h5-10,13-14H,4,11-12H2,1-3H3. The molecule has 0 aliphatic rings. The van der Waals surface area contributed by atoms with E-state index in [-0.39, 0.29) is 5.91 Å². The maximum absolute atomic E-state index is 12.6. The topological polar surface area (TPSA) is 46.8 Å². The Morgan fingerprint density at radius 1 is 1.12 bits per heavy atom. The van der Waals surface area contributed by atoms with Gasteiger partial charge in [-0.1, -0.05) is 23.8 Å². The molecule has 0 saturated carbocycles. The molecular formula is C20H23N3O2. The first-order chi connectivity index (χ1) is 12.0. The minimum absolute atomic E-state index is 0.0193. The highest BCUT2D eigenvalue weighted by Crippen LogP contribution is 2.14. The second kappa shape index (κ2) is 7.38. The first-order valence-electron chi connectivity index (χ1n) is 8.43. The van der Waals surface area contributed by atoms with Gasteiger partial charge in [0.15, 0.2) is 0 Å². The molecular weight excluding hydrogens is 314 g/mol. The molecule has 0 N–H and O–H groups in total. The fourth-order valence-electron chi connectivity index (χ4n) is 2.69. The minimum Gasteiger partial charge on any atom is -0.494 e. The summed E-state index contributed by atoms with van der Waals surface area (Å²) in [5.74, 6) is 0.840. The monoisotopic (exact) mass is 337 g/mol. The van der Waals surface area contributed by atoms with E-state index in [1.807, 2.05) is 63.5 Å². The average molecular weight is 337 g/mol. The summed E-state index contributed by atoms with van der Waals surface area (Å²) >= 11 is 0. The highest BCUT2D eigenvalue weighted by atomic mass is 16.5. The molecule has 0 bridgehead atoms. The molecule has 0 unspecified atom stereocenters. The van der Waals surface area contributed by atoms with E-state index in [0.717, 1.165) is 23.3 Å². The molecule has 0 fully saturated rings. The third-order valence-electron chi connectivity index (χ3n) is 4.17. The summed E-state index contributed by atoms with van der Waals surface area (Å²) in [7, 11) is 1.81. The Morgan fingerprint density at radius 3 is 2.60 bits per heavy atom. The fraction of sp³-hybridized carbons (Fsp3) is 0.300. The Balaban J connectivity index is 1.54. The number of carbonyl (C=O) groups excluding carboxylic acids is 1. The average Bonchev–Trinajstić information content (AvgIpc) is 3.02. The maximum Gasteiger partial charge on any atom is 0.257 e. The van der Waals surface area contributed by atoms with Crippen molar-refractivity contribution in [1.29, 1.82) is 0 Å². The van der Waals surface area contributed by atoms with Crippen LogP contribution in [0.5, 0.6) is 5.75 Å². The van der Waals surface area contributed by atoms with Crippen LogP contribution >= 0.6 is 0 Å². The predicted molar refractivity (Wildman–Crippen MR) is 98.2 cm³/mol. The van der Waals surface area contributed by atoms with E-state index in [1.165, 1.54) is 5.56 Å². The molecule has 5 heteroatoms. The molecule has 2 aromatic heterocycles. The van der Waals surface area contributed by atoms with Crippen molar-refractivity contribution in [3.05, 3.63) is 65.5 Å². The summed E-state index contributed by atoms with van der Waals surface area (Å²) in [4.78, 5) is 14.4. The SMILES string of the molecule is Cc1ccc(OCCCN(C)C(=O)c2cnn3cc(C)ccc23)cc1. The van der Waals surface area contributed by atoms with Crippen molar-refractivity contribution >= 4 is 11.4 Å². The third-order valence-corrected chi connectivity index (χ3v) is 4.17. The van der Waals surface area contributed by atoms with Crippen molar-refractivity contribution < 1.29 is 9.53 Å². The van der Waals surface area contributed by atoms with Crippen LogP contribution in [0.4, 0.5) is 0 Å². The maximum atomic E-state index is 12.6. The molecule has 5 nitrogen and oxygen atoms in total. The van der Waals surface area contributed by atoms with Gasteiger partial charge in [-0.3, -0.25) is 4.79 Å². The largest absolute Gasteiger partial charge is 0.494 e. The molecule has 1 aromatic carbocycles. The lowest BCUT2D eigenvalue weighted by Crippen LogP contribution is -2.28. The Kier molecular flexibility index (Phi) is 5.03. The van der Waals surface area contributed by atoms with Gasteiger partial charge in [0, 0.05) is 19.8 Å². The number of aryl methyl sites for hydroxylation is 2. The summed E-state index contributed by atoms with van der Waals surface area (Å²) in [6.45, 7) is 5.26. The van der Waals surface area contributed by atoms with Gasteiger partial charge in [-0.25, -0.2) is 4.52 Å². The molecule has 0 radical (unpaired) electrons. The number of rotatable bonds is 6. The zero-order valence-corrected chi connectivity index (χ0v) is 14.9. The van der Waals surface area contributed by atoms with Crippen molar-refractivity contribution in [2.75, 3.05) is 20.2 Å². The second-order valence-corrected chi connectivity index (χ2v) is 6.34. The van der Waals surface area contributed by atoms with E-state index in [4.69, 9.17) is 4.74 Å². The van der Waals surface area contributed by atoms with E-state index in [9.17, 15) is 4.79 Å². The van der Waals surface area contributed by atoms with Gasteiger partial charge >= 0.3 is 0 Å². The van der Waals surface area contributed by atoms with Crippen LogP contribution in [0.25, 0.3) is 5.52 Å². The number of fused-ring (bicyclic) bond motifs is 1. The van der Waals surface area contributed by atoms with Crippen LogP contribution in [0, 0.1) is 13.8 Å². The molecule has 0 atom stereocenters. The van der Waals surface area contributed by atoms with Crippen LogP contribution in [-0.4, -0.2) is 40.6 Å². The number of amides is 1. The molecule has 1 amide bonds. The zero-order valence-electron chi connectivity index (χ0n) is 14.9. The third kappa shape index (κ3) is 3.99. The van der Waals surface area contributed by atoms with E-state index in [0.29, 0.717) is 18.7 Å². The molecule has 130 valence electrons. The number of carbonyl (C=O) groups is 1. The summed E-state index contributed by atoms with van der Waals surface area (Å²) in [5.41, 5.74) is 3.78. The van der Waals surface area contributed by atoms with Gasteiger partial charge in [-0.15, -0.1) is 0 Å². The highest BCUT2D eigenvalue weighted by molar-refractivity contribution is 6.00. The van der Waals surface area contributed by atoms with E-state index >= 15 is 0 Å². The van der Waals surface area contributed by atoms with Gasteiger partial charge in [0.1, 0.15) is 5.75 Å². The van der Waals surface area contributed by atoms with Crippen molar-refractivity contribution in [2.45, 2.75) is 20.3 Å². The van der Waals surface area contributed by atoms with E-state index < -0.39 is 0 Å². The smallest absolute Gasteiger partial charge is 0.257 e. The lowest BCUT2D eigenvalue weighted by atomic mass is 10.2. The quantitative estimate of drug-likeness (QED) is 0.647. The van der Waals surface area contributed by atoms with E-state index in [2.05, 4.69) is 5.10 Å². The summed E-state index contributed by atoms with van der Waals surface area (Å²) in [6, 6.07) is 11.9. The number of nitrogens with zero attached hydrogens (tertiary/aromatic N) is 3. The highest BCUT2D eigenvalue weighted by Gasteiger charge is 2.16. The molecule has 3 rings (SSSR count). The predicted octanol–water partition coefficient (Wildman–Crippen LogP) is 3.49. The fourth-order valence-corrected chi connectivity index (χ4v) is 2.69. The van der Waals surface area contributed by atoms with Crippen molar-refractivity contribution in [2.24, 2.45) is 0 Å². The normalized spacial score (nSPS) is 10.8. The molecule has 2 heterocycles. The molecule has 25 heavy (non-hydrogen) atoms. The van der Waals surface area contributed by atoms with Gasteiger partial charge in [-0.2, -0.15) is 5.10 Å². The Morgan fingerprint density at radius 2 is 1.84 bits per heavy atom. The Hall–Kier alpha value is -2.82. The van der Waals surface area contributed by atoms with Crippen LogP contribution in [0.2, 0.25) is 0 Å². The summed E-state index contributed by atoms with van der Waals surface area (Å²) in [6.07, 6.45) is 4.33. The number of aromatic nitrogens is 2. The molecule has 0 spiro atoms. The van der Waals surface area contributed by atoms with Crippen molar-refractivity contribution in [1.82, 2.24) is 14.5 Å². The second-order valence-electron chi connectivity index (χ2n) is 6.34. The van der Waals surface area contributed by atoms with Gasteiger partial charge in [-0.05, 0) is 44.0 Å². The van der Waals surface area contributed by atoms with Crippen LogP contribution in [0.1, 0.15) is 27.9 Å². The van der Waals surface area contributed by atoms with Crippen LogP contribution in [0.3, 0.4) is 0 Å². The molecule has 0 aliphatic heterocycles. The number of hydrogen-bond donors (Lipinski definition) is 0. The lowest BCUT2D eigenvalue weighted by molar-refractivity contribution is 0.0789. The summed E-state index contributed by atoms with van der Waals surface area (Å²) in [5, 5.41) is 4.27. The molecule has 0 aliphatic carbocycles. The minimum atomic E-state index is -0.0193. The van der Waals surface area contributed by atoms with Crippen LogP contribution in [0.15, 0.2) is 48.8 Å². The lowest BCUT2D eigenvalue weighted by Gasteiger charge is -2.16. The summed E-state index contributed by atoms with van der Waals surface area (Å²) < 4.78 is 7.46. The van der Waals surface area contributed by atoms with Crippen molar-refractivity contribution in [3.8, 4) is 5.75 Å². The Labute approximate surface area is 147 Å². The van der Waals surface area contributed by atoms with Gasteiger partial charge in [0.2, 0.25) is 0 Å². The molecule has 3 aromatic rings. The first kappa shape index (κ1) is 17.0. The van der Waals surface area contributed by atoms with Crippen LogP contribution in [-0.2, 0) is 0 Å². The van der Waals surface area contributed by atoms with E-state index in [1.54, 1.807) is 15.6 Å². The molecule has 0 saturated heterocycles. The number of pyridine rings is 1. The zero-order chi connectivity index (χ0) is 17.8. The van der Waals surface area contributed by atoms with Crippen LogP contribution < -0.4 is 4.74 Å². The number of hydrogen-bond acceptors (Lipinski definition) is 3. The number of benzene rings is 1. The Bertz CT molecular complexity index is 868. The first-order valence-corrected chi connectivity index (χ1v) is 8.43. The van der Waals surface area contributed by atoms with Gasteiger partial charge in [0.25, 0.3) is 5.91 Å².